The van der Waals surface area contributed by atoms with Gasteiger partial charge in [-0.1, -0.05) is 11.6 Å². The minimum Gasteiger partial charge on any atom is -0.497 e. The number of aromatic nitrogens is 1. The van der Waals surface area contributed by atoms with Crippen LogP contribution in [0.5, 0.6) is 11.5 Å². The molecule has 0 amide bonds. The first-order chi connectivity index (χ1) is 21.6. The highest BCUT2D eigenvalue weighted by atomic mass is 35.5. The minimum atomic E-state index is -0.408. The Kier molecular flexibility index (Phi) is 7.99. The monoisotopic (exact) mass is 612 g/mol. The number of piperazine rings is 1. The molecule has 4 heterocycles. The third-order valence-electron chi connectivity index (χ3n) is 8.29. The number of benzene rings is 3. The van der Waals surface area contributed by atoms with E-state index < -0.39 is 5.63 Å². The lowest BCUT2D eigenvalue weighted by atomic mass is 10.1. The first-order valence-corrected chi connectivity index (χ1v) is 15.3. The normalized spacial score (nSPS) is 14.6. The number of hydrogen-bond acceptors (Lipinski definition) is 9. The number of nitrogens with one attached hydrogen (secondary N) is 1. The van der Waals surface area contributed by atoms with Crippen LogP contribution < -0.4 is 20.4 Å². The molecule has 9 nitrogen and oxygen atoms in total. The predicted octanol–water partition coefficient (Wildman–Crippen LogP) is 6.40. The third kappa shape index (κ3) is 5.78. The highest BCUT2D eigenvalue weighted by Crippen LogP contribution is 2.36. The number of methoxy groups -OCH3 is 1. The van der Waals surface area contributed by atoms with Gasteiger partial charge < -0.3 is 28.5 Å². The van der Waals surface area contributed by atoms with Crippen LogP contribution in [-0.4, -0.2) is 74.3 Å². The molecule has 0 unspecified atom stereocenters. The quantitative estimate of drug-likeness (QED) is 0.107. The average Bonchev–Trinajstić information content (AvgIpc) is 3.51. The third-order valence-corrected chi connectivity index (χ3v) is 8.52. The molecular formula is C34H33ClN4O5. The number of hydrogen-bond donors (Lipinski definition) is 1. The number of rotatable bonds is 10. The number of pyridine rings is 1. The highest BCUT2D eigenvalue weighted by molar-refractivity contribution is 6.31. The fourth-order valence-electron chi connectivity index (χ4n) is 5.99. The van der Waals surface area contributed by atoms with Gasteiger partial charge in [0.25, 0.3) is 0 Å². The van der Waals surface area contributed by atoms with E-state index in [0.717, 1.165) is 96.2 Å². The zero-order valence-corrected chi connectivity index (χ0v) is 25.2. The van der Waals surface area contributed by atoms with Crippen LogP contribution in [0.2, 0.25) is 5.02 Å². The van der Waals surface area contributed by atoms with Crippen molar-refractivity contribution >= 4 is 61.0 Å². The number of furan rings is 1. The summed E-state index contributed by atoms with van der Waals surface area (Å²) in [5.74, 6) is 1.30. The Balaban J connectivity index is 0.927. The van der Waals surface area contributed by atoms with Crippen molar-refractivity contribution in [2.45, 2.75) is 6.42 Å². The predicted molar refractivity (Wildman–Crippen MR) is 175 cm³/mol. The molecule has 1 fully saturated rings. The molecule has 6 aromatic rings. The molecule has 0 atom stereocenters. The highest BCUT2D eigenvalue weighted by Gasteiger charge is 2.18. The number of ether oxygens (including phenoxy) is 2. The summed E-state index contributed by atoms with van der Waals surface area (Å²) >= 11 is 6.28. The van der Waals surface area contributed by atoms with Crippen molar-refractivity contribution in [1.82, 2.24) is 14.8 Å². The van der Waals surface area contributed by atoms with Gasteiger partial charge in [-0.15, -0.1) is 0 Å². The van der Waals surface area contributed by atoms with E-state index in [9.17, 15) is 4.79 Å². The molecule has 7 rings (SSSR count). The number of nitrogens with zero attached hydrogens (tertiary/aromatic N) is 3. The molecule has 0 aliphatic carbocycles. The Morgan fingerprint density at radius 3 is 2.55 bits per heavy atom. The summed E-state index contributed by atoms with van der Waals surface area (Å²) in [6.45, 7) is 7.19. The van der Waals surface area contributed by atoms with Gasteiger partial charge in [0.1, 0.15) is 5.75 Å². The molecule has 226 valence electrons. The minimum absolute atomic E-state index is 0.408. The molecule has 1 aliphatic heterocycles. The van der Waals surface area contributed by atoms with E-state index in [-0.39, 0.29) is 0 Å². The molecule has 3 aromatic carbocycles. The average molecular weight is 613 g/mol. The van der Waals surface area contributed by atoms with Gasteiger partial charge in [0.05, 0.1) is 36.7 Å². The summed E-state index contributed by atoms with van der Waals surface area (Å²) in [7, 11) is 1.68. The van der Waals surface area contributed by atoms with E-state index in [4.69, 9.17) is 34.9 Å². The first-order valence-electron chi connectivity index (χ1n) is 14.9. The van der Waals surface area contributed by atoms with Crippen molar-refractivity contribution in [3.05, 3.63) is 82.4 Å². The summed E-state index contributed by atoms with van der Waals surface area (Å²) in [5, 5.41) is 8.18. The molecular weight excluding hydrogens is 580 g/mol. The van der Waals surface area contributed by atoms with Crippen LogP contribution >= 0.6 is 11.6 Å². The van der Waals surface area contributed by atoms with Crippen LogP contribution in [0, 0.1) is 0 Å². The van der Waals surface area contributed by atoms with Gasteiger partial charge in [0, 0.05) is 78.4 Å². The van der Waals surface area contributed by atoms with Gasteiger partial charge in [0.15, 0.2) is 11.2 Å². The molecule has 3 aromatic heterocycles. The van der Waals surface area contributed by atoms with Gasteiger partial charge in [-0.3, -0.25) is 4.90 Å². The SMILES string of the molecule is COc1ccc2nc3cc(Cl)ccc3c(NCCN3CCN(CCCOc4c5occc5cc5ccc(=O)oc45)CC3)c2c1. The van der Waals surface area contributed by atoms with Crippen molar-refractivity contribution in [3.8, 4) is 11.5 Å². The van der Waals surface area contributed by atoms with Crippen LogP contribution in [0.3, 0.4) is 0 Å². The molecule has 0 saturated carbocycles. The maximum atomic E-state index is 11.9. The summed E-state index contributed by atoms with van der Waals surface area (Å²) in [5.41, 5.74) is 3.45. The Hall–Kier alpha value is -4.31. The summed E-state index contributed by atoms with van der Waals surface area (Å²) < 4.78 is 22.8. The number of fused-ring (bicyclic) bond motifs is 4. The smallest absolute Gasteiger partial charge is 0.336 e. The van der Waals surface area contributed by atoms with Gasteiger partial charge in [-0.25, -0.2) is 9.78 Å². The molecule has 1 saturated heterocycles. The molecule has 44 heavy (non-hydrogen) atoms. The molecule has 10 heteroatoms. The lowest BCUT2D eigenvalue weighted by Gasteiger charge is -2.34. The van der Waals surface area contributed by atoms with Gasteiger partial charge in [0.2, 0.25) is 5.75 Å². The second kappa shape index (κ2) is 12.4. The van der Waals surface area contributed by atoms with Crippen LogP contribution in [0.15, 0.2) is 80.6 Å². The molecule has 0 spiro atoms. The van der Waals surface area contributed by atoms with E-state index in [0.29, 0.717) is 28.5 Å². The fourth-order valence-corrected chi connectivity index (χ4v) is 6.16. The number of halogens is 1. The zero-order chi connectivity index (χ0) is 30.0. The van der Waals surface area contributed by atoms with Crippen molar-refractivity contribution in [2.75, 3.05) is 64.8 Å². The van der Waals surface area contributed by atoms with E-state index in [2.05, 4.69) is 15.1 Å². The van der Waals surface area contributed by atoms with E-state index in [1.54, 1.807) is 19.4 Å². The van der Waals surface area contributed by atoms with Gasteiger partial charge in [-0.05, 0) is 61.0 Å². The maximum Gasteiger partial charge on any atom is 0.336 e. The van der Waals surface area contributed by atoms with Crippen LogP contribution in [-0.2, 0) is 0 Å². The lowest BCUT2D eigenvalue weighted by molar-refractivity contribution is 0.129. The lowest BCUT2D eigenvalue weighted by Crippen LogP contribution is -2.47. The fraction of sp³-hybridized carbons (Fsp3) is 0.294. The summed E-state index contributed by atoms with van der Waals surface area (Å²) in [6, 6.07) is 18.8. The van der Waals surface area contributed by atoms with Crippen molar-refractivity contribution < 1.29 is 18.3 Å². The summed E-state index contributed by atoms with van der Waals surface area (Å²) in [6.07, 6.45) is 2.48. The molecule has 1 N–H and O–H groups in total. The van der Waals surface area contributed by atoms with Gasteiger partial charge in [-0.2, -0.15) is 0 Å². The van der Waals surface area contributed by atoms with Gasteiger partial charge >= 0.3 is 5.63 Å². The standard InChI is InChI=1S/C34H33ClN4O5/c1-41-25-5-7-28-27(21-25)31(26-6-4-24(35)20-29(26)37-28)36-10-12-39-15-13-38(14-16-39)11-2-17-42-34-32-23(9-18-43-32)19-22-3-8-30(40)44-33(22)34/h3-9,18-21H,2,10-17H2,1H3,(H,36,37). The summed E-state index contributed by atoms with van der Waals surface area (Å²) in [4.78, 5) is 21.7. The van der Waals surface area contributed by atoms with E-state index >= 15 is 0 Å². The van der Waals surface area contributed by atoms with Crippen molar-refractivity contribution in [1.29, 1.82) is 0 Å². The Bertz CT molecular complexity index is 2020. The van der Waals surface area contributed by atoms with Crippen LogP contribution in [0.1, 0.15) is 6.42 Å². The van der Waals surface area contributed by atoms with Crippen LogP contribution in [0.4, 0.5) is 5.69 Å². The van der Waals surface area contributed by atoms with Crippen molar-refractivity contribution in [3.63, 3.8) is 0 Å². The van der Waals surface area contributed by atoms with E-state index in [1.165, 1.54) is 6.07 Å². The topological polar surface area (TPSA) is 93.2 Å². The van der Waals surface area contributed by atoms with Crippen molar-refractivity contribution in [2.24, 2.45) is 0 Å². The molecule has 1 aliphatic rings. The second-order valence-corrected chi connectivity index (χ2v) is 11.5. The Morgan fingerprint density at radius 1 is 0.886 bits per heavy atom. The first kappa shape index (κ1) is 28.5. The largest absolute Gasteiger partial charge is 0.497 e. The van der Waals surface area contributed by atoms with Crippen LogP contribution in [0.25, 0.3) is 43.7 Å². The number of anilines is 1. The Morgan fingerprint density at radius 2 is 1.70 bits per heavy atom. The second-order valence-electron chi connectivity index (χ2n) is 11.1. The molecule has 0 radical (unpaired) electrons. The maximum absolute atomic E-state index is 11.9. The molecule has 0 bridgehead atoms. The Labute approximate surface area is 258 Å². The van der Waals surface area contributed by atoms with E-state index in [1.807, 2.05) is 48.5 Å². The zero-order valence-electron chi connectivity index (χ0n) is 24.5.